The van der Waals surface area contributed by atoms with Gasteiger partial charge in [0.2, 0.25) is 0 Å². The Morgan fingerprint density at radius 1 is 1.04 bits per heavy atom. The number of nitrogens with two attached hydrogens (primary N) is 1. The van der Waals surface area contributed by atoms with Gasteiger partial charge in [0.1, 0.15) is 12.4 Å². The van der Waals surface area contributed by atoms with Crippen LogP contribution >= 0.6 is 0 Å². The highest BCUT2D eigenvalue weighted by Crippen LogP contribution is 2.26. The van der Waals surface area contributed by atoms with Gasteiger partial charge in [-0.2, -0.15) is 0 Å². The maximum Gasteiger partial charge on any atom is 0.309 e. The maximum atomic E-state index is 11.3. The third-order valence-corrected chi connectivity index (χ3v) is 3.99. The first-order valence-electron chi connectivity index (χ1n) is 7.55. The largest absolute Gasteiger partial charge is 0.487 e. The molecular formula is C19H23NO3. The van der Waals surface area contributed by atoms with E-state index in [1.165, 1.54) is 7.11 Å². The van der Waals surface area contributed by atoms with Crippen LogP contribution in [-0.2, 0) is 22.6 Å². The van der Waals surface area contributed by atoms with Gasteiger partial charge in [0, 0.05) is 0 Å². The normalized spacial score (nSPS) is 10.4. The lowest BCUT2D eigenvalue weighted by Gasteiger charge is -2.13. The van der Waals surface area contributed by atoms with E-state index in [1.54, 1.807) is 0 Å². The zero-order valence-electron chi connectivity index (χ0n) is 14.1. The van der Waals surface area contributed by atoms with Gasteiger partial charge < -0.3 is 15.2 Å². The minimum absolute atomic E-state index is 0.240. The van der Waals surface area contributed by atoms with Crippen LogP contribution in [0.1, 0.15) is 27.8 Å². The van der Waals surface area contributed by atoms with Crippen molar-refractivity contribution < 1.29 is 14.3 Å². The molecule has 23 heavy (non-hydrogen) atoms. The second kappa shape index (κ2) is 7.18. The third kappa shape index (κ3) is 4.25. The van der Waals surface area contributed by atoms with Crippen LogP contribution in [0.4, 0.5) is 5.69 Å². The first-order valence-corrected chi connectivity index (χ1v) is 7.55. The van der Waals surface area contributed by atoms with Crippen LogP contribution in [0.5, 0.6) is 5.75 Å². The maximum absolute atomic E-state index is 11.3. The summed E-state index contributed by atoms with van der Waals surface area (Å²) in [7, 11) is 1.39. The highest BCUT2D eigenvalue weighted by molar-refractivity contribution is 5.72. The van der Waals surface area contributed by atoms with E-state index >= 15 is 0 Å². The average Bonchev–Trinajstić information content (AvgIpc) is 2.51. The number of carbonyl (C=O) groups excluding carboxylic acids is 1. The molecule has 0 unspecified atom stereocenters. The SMILES string of the molecule is COC(=O)Cc1ccc(COc2cc(C)c(C)cc2N)c(C)c1. The number of nitrogen functional groups attached to an aromatic ring is 1. The number of hydrogen-bond acceptors (Lipinski definition) is 4. The fourth-order valence-electron chi connectivity index (χ4n) is 2.36. The number of rotatable bonds is 5. The Bertz CT molecular complexity index is 723. The van der Waals surface area contributed by atoms with Crippen LogP contribution in [0.25, 0.3) is 0 Å². The summed E-state index contributed by atoms with van der Waals surface area (Å²) >= 11 is 0. The van der Waals surface area contributed by atoms with Crippen molar-refractivity contribution >= 4 is 11.7 Å². The van der Waals surface area contributed by atoms with Crippen molar-refractivity contribution in [3.63, 3.8) is 0 Å². The molecule has 0 aliphatic heterocycles. The van der Waals surface area contributed by atoms with E-state index in [0.29, 0.717) is 18.0 Å². The second-order valence-corrected chi connectivity index (χ2v) is 5.78. The first-order chi connectivity index (χ1) is 10.9. The Hall–Kier alpha value is -2.49. The van der Waals surface area contributed by atoms with E-state index in [1.807, 2.05) is 51.1 Å². The highest BCUT2D eigenvalue weighted by Gasteiger charge is 2.08. The van der Waals surface area contributed by atoms with Crippen LogP contribution in [-0.4, -0.2) is 13.1 Å². The number of hydrogen-bond donors (Lipinski definition) is 1. The molecule has 2 aromatic rings. The number of methoxy groups -OCH3 is 1. The summed E-state index contributed by atoms with van der Waals surface area (Å²) in [4.78, 5) is 11.3. The molecule has 0 radical (unpaired) electrons. The number of aryl methyl sites for hydroxylation is 3. The summed E-state index contributed by atoms with van der Waals surface area (Å²) in [6.07, 6.45) is 0.280. The van der Waals surface area contributed by atoms with Gasteiger partial charge >= 0.3 is 5.97 Å². The van der Waals surface area contributed by atoms with E-state index in [0.717, 1.165) is 27.8 Å². The van der Waals surface area contributed by atoms with Gasteiger partial charge in [0.05, 0.1) is 19.2 Å². The zero-order chi connectivity index (χ0) is 17.0. The fraction of sp³-hybridized carbons (Fsp3) is 0.316. The van der Waals surface area contributed by atoms with E-state index in [-0.39, 0.29) is 12.4 Å². The summed E-state index contributed by atoms with van der Waals surface area (Å²) in [5, 5.41) is 0. The molecule has 0 bridgehead atoms. The van der Waals surface area contributed by atoms with Crippen molar-refractivity contribution in [2.75, 3.05) is 12.8 Å². The van der Waals surface area contributed by atoms with Crippen LogP contribution in [0.2, 0.25) is 0 Å². The van der Waals surface area contributed by atoms with Crippen molar-refractivity contribution in [2.24, 2.45) is 0 Å². The van der Waals surface area contributed by atoms with Crippen molar-refractivity contribution in [1.29, 1.82) is 0 Å². The number of esters is 1. The van der Waals surface area contributed by atoms with Crippen LogP contribution < -0.4 is 10.5 Å². The smallest absolute Gasteiger partial charge is 0.309 e. The molecule has 0 saturated carbocycles. The lowest BCUT2D eigenvalue weighted by Crippen LogP contribution is -2.06. The van der Waals surface area contributed by atoms with E-state index in [2.05, 4.69) is 4.74 Å². The molecule has 0 heterocycles. The highest BCUT2D eigenvalue weighted by atomic mass is 16.5. The topological polar surface area (TPSA) is 61.5 Å². The Balaban J connectivity index is 2.09. The molecule has 0 aliphatic carbocycles. The summed E-state index contributed by atoms with van der Waals surface area (Å²) in [6, 6.07) is 9.78. The van der Waals surface area contributed by atoms with E-state index < -0.39 is 0 Å². The molecule has 0 atom stereocenters. The van der Waals surface area contributed by atoms with Gasteiger partial charge in [-0.25, -0.2) is 0 Å². The molecule has 2 N–H and O–H groups in total. The van der Waals surface area contributed by atoms with Crippen molar-refractivity contribution in [2.45, 2.75) is 33.8 Å². The Kier molecular flexibility index (Phi) is 5.27. The molecule has 4 nitrogen and oxygen atoms in total. The van der Waals surface area contributed by atoms with Gasteiger partial charge in [-0.3, -0.25) is 4.79 Å². The van der Waals surface area contributed by atoms with Gasteiger partial charge in [0.15, 0.2) is 0 Å². The number of anilines is 1. The minimum atomic E-state index is -0.240. The predicted octanol–water partition coefficient (Wildman–Crippen LogP) is 3.49. The van der Waals surface area contributed by atoms with Crippen LogP contribution in [0.15, 0.2) is 30.3 Å². The van der Waals surface area contributed by atoms with Crippen molar-refractivity contribution in [3.8, 4) is 5.75 Å². The zero-order valence-corrected chi connectivity index (χ0v) is 14.1. The second-order valence-electron chi connectivity index (χ2n) is 5.78. The lowest BCUT2D eigenvalue weighted by molar-refractivity contribution is -0.139. The van der Waals surface area contributed by atoms with Gasteiger partial charge in [-0.05, 0) is 60.7 Å². The molecule has 0 saturated heterocycles. The first kappa shape index (κ1) is 16.9. The quantitative estimate of drug-likeness (QED) is 0.678. The monoisotopic (exact) mass is 313 g/mol. The predicted molar refractivity (Wildman–Crippen MR) is 91.6 cm³/mol. The summed E-state index contributed by atoms with van der Waals surface area (Å²) in [5.74, 6) is 0.461. The molecular weight excluding hydrogens is 290 g/mol. The van der Waals surface area contributed by atoms with Crippen molar-refractivity contribution in [3.05, 3.63) is 58.1 Å². The molecule has 2 rings (SSSR count). The lowest BCUT2D eigenvalue weighted by atomic mass is 10.0. The van der Waals surface area contributed by atoms with Crippen LogP contribution in [0, 0.1) is 20.8 Å². The number of carbonyl (C=O) groups is 1. The Labute approximate surface area is 137 Å². The van der Waals surface area contributed by atoms with Gasteiger partial charge in [-0.1, -0.05) is 18.2 Å². The summed E-state index contributed by atoms with van der Waals surface area (Å²) < 4.78 is 10.6. The van der Waals surface area contributed by atoms with Gasteiger partial charge in [-0.15, -0.1) is 0 Å². The van der Waals surface area contributed by atoms with Crippen molar-refractivity contribution in [1.82, 2.24) is 0 Å². The molecule has 0 aliphatic rings. The summed E-state index contributed by atoms with van der Waals surface area (Å²) in [5.41, 5.74) is 12.0. The Morgan fingerprint density at radius 3 is 2.39 bits per heavy atom. The average molecular weight is 313 g/mol. The molecule has 2 aromatic carbocycles. The van der Waals surface area contributed by atoms with E-state index in [4.69, 9.17) is 10.5 Å². The van der Waals surface area contributed by atoms with Gasteiger partial charge in [0.25, 0.3) is 0 Å². The van der Waals surface area contributed by atoms with E-state index in [9.17, 15) is 4.79 Å². The standard InChI is InChI=1S/C19H23NO3/c1-12-8-17(20)18(9-13(12)2)23-11-16-6-5-15(7-14(16)3)10-19(21)22-4/h5-9H,10-11,20H2,1-4H3. The molecule has 122 valence electrons. The number of ether oxygens (including phenoxy) is 2. The molecule has 0 spiro atoms. The number of benzene rings is 2. The molecule has 0 fully saturated rings. The fourth-order valence-corrected chi connectivity index (χ4v) is 2.36. The Morgan fingerprint density at radius 2 is 1.74 bits per heavy atom. The molecule has 0 aromatic heterocycles. The minimum Gasteiger partial charge on any atom is -0.487 e. The molecule has 4 heteroatoms. The summed E-state index contributed by atoms with van der Waals surface area (Å²) in [6.45, 7) is 6.51. The molecule has 0 amide bonds. The third-order valence-electron chi connectivity index (χ3n) is 3.99. The van der Waals surface area contributed by atoms with Crippen LogP contribution in [0.3, 0.4) is 0 Å².